The van der Waals surface area contributed by atoms with E-state index in [1.165, 1.54) is 65.0 Å². The molecule has 3 rings (SSSR count). The van der Waals surface area contributed by atoms with E-state index in [0.717, 1.165) is 41.8 Å². The Kier molecular flexibility index (Phi) is 7.07. The SMILES string of the molecule is CC(C)C1CCN(C(C)CCC(C)N2CC3CN(C(C)C)CC3C2)CC1. The van der Waals surface area contributed by atoms with Gasteiger partial charge in [0, 0.05) is 44.3 Å². The third-order valence-corrected chi connectivity index (χ3v) is 8.04. The Morgan fingerprint density at radius 3 is 1.58 bits per heavy atom. The molecule has 0 aromatic heterocycles. The van der Waals surface area contributed by atoms with Crippen molar-refractivity contribution in [3.8, 4) is 0 Å². The minimum Gasteiger partial charge on any atom is -0.301 e. The lowest BCUT2D eigenvalue weighted by atomic mass is 9.86. The first-order valence-electron chi connectivity index (χ1n) is 11.6. The van der Waals surface area contributed by atoms with E-state index in [0.29, 0.717) is 0 Å². The molecule has 0 N–H and O–H groups in total. The molecule has 0 aliphatic carbocycles. The molecule has 0 amide bonds. The average molecular weight is 364 g/mol. The molecule has 3 aliphatic heterocycles. The van der Waals surface area contributed by atoms with Crippen molar-refractivity contribution >= 4 is 0 Å². The minimum absolute atomic E-state index is 0.729. The fourth-order valence-electron chi connectivity index (χ4n) is 5.72. The smallest absolute Gasteiger partial charge is 0.00677 e. The fraction of sp³-hybridized carbons (Fsp3) is 1.00. The van der Waals surface area contributed by atoms with Gasteiger partial charge in [0.25, 0.3) is 0 Å². The average Bonchev–Trinajstić information content (AvgIpc) is 3.18. The predicted octanol–water partition coefficient (Wildman–Crippen LogP) is 4.18. The van der Waals surface area contributed by atoms with Crippen molar-refractivity contribution in [2.24, 2.45) is 23.7 Å². The van der Waals surface area contributed by atoms with Crippen molar-refractivity contribution < 1.29 is 0 Å². The summed E-state index contributed by atoms with van der Waals surface area (Å²) in [6.45, 7) is 22.5. The highest BCUT2D eigenvalue weighted by molar-refractivity contribution is 4.95. The summed E-state index contributed by atoms with van der Waals surface area (Å²) >= 11 is 0. The Morgan fingerprint density at radius 2 is 1.12 bits per heavy atom. The highest BCUT2D eigenvalue weighted by Gasteiger charge is 2.41. The van der Waals surface area contributed by atoms with Crippen molar-refractivity contribution in [3.05, 3.63) is 0 Å². The summed E-state index contributed by atoms with van der Waals surface area (Å²) in [6, 6.07) is 2.26. The molecule has 0 saturated carbocycles. The second-order valence-electron chi connectivity index (χ2n) is 10.4. The number of piperidine rings is 1. The third-order valence-electron chi connectivity index (χ3n) is 8.04. The molecule has 0 radical (unpaired) electrons. The van der Waals surface area contributed by atoms with Gasteiger partial charge in [-0.15, -0.1) is 0 Å². The van der Waals surface area contributed by atoms with Crippen LogP contribution in [0.2, 0.25) is 0 Å². The van der Waals surface area contributed by atoms with Crippen molar-refractivity contribution in [2.75, 3.05) is 39.3 Å². The van der Waals surface area contributed by atoms with Crippen LogP contribution in [0.3, 0.4) is 0 Å². The second kappa shape index (κ2) is 8.92. The maximum absolute atomic E-state index is 2.81. The molecule has 0 aromatic carbocycles. The quantitative estimate of drug-likeness (QED) is 0.672. The number of rotatable bonds is 7. The molecule has 0 spiro atoms. The molecule has 152 valence electrons. The monoisotopic (exact) mass is 363 g/mol. The number of hydrogen-bond acceptors (Lipinski definition) is 3. The van der Waals surface area contributed by atoms with E-state index in [2.05, 4.69) is 56.2 Å². The summed E-state index contributed by atoms with van der Waals surface area (Å²) in [7, 11) is 0. The van der Waals surface area contributed by atoms with Crippen LogP contribution in [0, 0.1) is 23.7 Å². The van der Waals surface area contributed by atoms with Crippen LogP contribution in [0.15, 0.2) is 0 Å². The Balaban J connectivity index is 1.37. The van der Waals surface area contributed by atoms with Crippen LogP contribution in [0.4, 0.5) is 0 Å². The van der Waals surface area contributed by atoms with Crippen molar-refractivity contribution in [2.45, 2.75) is 85.4 Å². The van der Waals surface area contributed by atoms with Crippen molar-refractivity contribution in [3.63, 3.8) is 0 Å². The minimum atomic E-state index is 0.729. The van der Waals surface area contributed by atoms with Crippen LogP contribution < -0.4 is 0 Å². The van der Waals surface area contributed by atoms with Crippen LogP contribution in [0.25, 0.3) is 0 Å². The van der Waals surface area contributed by atoms with Gasteiger partial charge in [-0.3, -0.25) is 4.90 Å². The Labute approximate surface area is 163 Å². The maximum atomic E-state index is 2.81. The van der Waals surface area contributed by atoms with Gasteiger partial charge < -0.3 is 9.80 Å². The highest BCUT2D eigenvalue weighted by Crippen LogP contribution is 2.34. The summed E-state index contributed by atoms with van der Waals surface area (Å²) in [5.41, 5.74) is 0. The number of likely N-dealkylation sites (tertiary alicyclic amines) is 3. The first-order valence-corrected chi connectivity index (χ1v) is 11.6. The zero-order valence-electron chi connectivity index (χ0n) is 18.5. The van der Waals surface area contributed by atoms with E-state index in [9.17, 15) is 0 Å². The third kappa shape index (κ3) is 4.83. The molecular weight excluding hydrogens is 318 g/mol. The van der Waals surface area contributed by atoms with E-state index in [1.54, 1.807) is 0 Å². The Bertz CT molecular complexity index is 413. The molecule has 0 bridgehead atoms. The molecule has 26 heavy (non-hydrogen) atoms. The van der Waals surface area contributed by atoms with Gasteiger partial charge >= 0.3 is 0 Å². The molecular formula is C23H45N3. The first-order chi connectivity index (χ1) is 12.3. The number of nitrogens with zero attached hydrogens (tertiary/aromatic N) is 3. The largest absolute Gasteiger partial charge is 0.301 e. The number of hydrogen-bond donors (Lipinski definition) is 0. The van der Waals surface area contributed by atoms with Crippen LogP contribution in [-0.2, 0) is 0 Å². The number of fused-ring (bicyclic) bond motifs is 1. The molecule has 3 aliphatic rings. The summed E-state index contributed by atoms with van der Waals surface area (Å²) in [5.74, 6) is 3.71. The van der Waals surface area contributed by atoms with Crippen LogP contribution in [-0.4, -0.2) is 72.1 Å². The molecule has 3 saturated heterocycles. The van der Waals surface area contributed by atoms with E-state index in [1.807, 2.05) is 0 Å². The van der Waals surface area contributed by atoms with Crippen LogP contribution in [0.5, 0.6) is 0 Å². The summed E-state index contributed by atoms with van der Waals surface area (Å²) < 4.78 is 0. The lowest BCUT2D eigenvalue weighted by Crippen LogP contribution is -2.42. The fourth-order valence-corrected chi connectivity index (χ4v) is 5.72. The predicted molar refractivity (Wildman–Crippen MR) is 113 cm³/mol. The van der Waals surface area contributed by atoms with Gasteiger partial charge in [-0.1, -0.05) is 13.8 Å². The van der Waals surface area contributed by atoms with Gasteiger partial charge in [0.2, 0.25) is 0 Å². The van der Waals surface area contributed by atoms with Gasteiger partial charge in [0.15, 0.2) is 0 Å². The highest BCUT2D eigenvalue weighted by atomic mass is 15.3. The molecule has 3 heteroatoms. The molecule has 0 aromatic rings. The molecule has 4 unspecified atom stereocenters. The van der Waals surface area contributed by atoms with Gasteiger partial charge in [-0.2, -0.15) is 0 Å². The molecule has 3 heterocycles. The van der Waals surface area contributed by atoms with Crippen LogP contribution in [0.1, 0.15) is 67.2 Å². The van der Waals surface area contributed by atoms with Crippen molar-refractivity contribution in [1.29, 1.82) is 0 Å². The molecule has 3 nitrogen and oxygen atoms in total. The summed E-state index contributed by atoms with van der Waals surface area (Å²) in [4.78, 5) is 8.27. The Hall–Kier alpha value is -0.120. The zero-order chi connectivity index (χ0) is 18.8. The van der Waals surface area contributed by atoms with Crippen molar-refractivity contribution in [1.82, 2.24) is 14.7 Å². The summed E-state index contributed by atoms with van der Waals surface area (Å²) in [6.07, 6.45) is 5.58. The normalized spacial score (nSPS) is 31.8. The maximum Gasteiger partial charge on any atom is 0.00677 e. The first kappa shape index (κ1) is 20.6. The van der Waals surface area contributed by atoms with Gasteiger partial charge in [-0.05, 0) is 90.1 Å². The molecule has 4 atom stereocenters. The lowest BCUT2D eigenvalue weighted by Gasteiger charge is -2.38. The summed E-state index contributed by atoms with van der Waals surface area (Å²) in [5, 5.41) is 0. The van der Waals surface area contributed by atoms with E-state index in [-0.39, 0.29) is 0 Å². The van der Waals surface area contributed by atoms with E-state index >= 15 is 0 Å². The standard InChI is InChI=1S/C23H45N3/c1-17(2)21-9-11-24(12-10-21)19(5)7-8-20(6)26-15-22-13-25(18(3)4)14-23(22)16-26/h17-23H,7-16H2,1-6H3. The second-order valence-corrected chi connectivity index (χ2v) is 10.4. The zero-order valence-corrected chi connectivity index (χ0v) is 18.5. The molecule has 3 fully saturated rings. The van der Waals surface area contributed by atoms with Crippen LogP contribution >= 0.6 is 0 Å². The topological polar surface area (TPSA) is 9.72 Å². The Morgan fingerprint density at radius 1 is 0.654 bits per heavy atom. The van der Waals surface area contributed by atoms with Gasteiger partial charge in [0.1, 0.15) is 0 Å². The van der Waals surface area contributed by atoms with Gasteiger partial charge in [-0.25, -0.2) is 0 Å². The van der Waals surface area contributed by atoms with Gasteiger partial charge in [0.05, 0.1) is 0 Å². The lowest BCUT2D eigenvalue weighted by molar-refractivity contribution is 0.109. The van der Waals surface area contributed by atoms with E-state index < -0.39 is 0 Å². The van der Waals surface area contributed by atoms with E-state index in [4.69, 9.17) is 0 Å².